The summed E-state index contributed by atoms with van der Waals surface area (Å²) >= 11 is 0. The van der Waals surface area contributed by atoms with E-state index in [2.05, 4.69) is 5.32 Å². The van der Waals surface area contributed by atoms with Gasteiger partial charge in [-0.15, -0.1) is 0 Å². The first kappa shape index (κ1) is 9.32. The third-order valence-corrected chi connectivity index (χ3v) is 2.56. The molecule has 0 aromatic heterocycles. The topological polar surface area (TPSA) is 58.4 Å². The van der Waals surface area contributed by atoms with E-state index in [0.29, 0.717) is 6.04 Å². The summed E-state index contributed by atoms with van der Waals surface area (Å²) in [6.07, 6.45) is 2.22. The van der Waals surface area contributed by atoms with Crippen molar-refractivity contribution in [2.24, 2.45) is 5.73 Å². The van der Waals surface area contributed by atoms with E-state index in [1.54, 1.807) is 11.9 Å². The lowest BCUT2D eigenvalue weighted by Crippen LogP contribution is -2.48. The third-order valence-electron chi connectivity index (χ3n) is 2.56. The minimum absolute atomic E-state index is 0.236. The summed E-state index contributed by atoms with van der Waals surface area (Å²) in [6, 6.07) is 0.476. The second-order valence-corrected chi connectivity index (χ2v) is 3.47. The van der Waals surface area contributed by atoms with Gasteiger partial charge in [-0.25, -0.2) is 4.79 Å². The van der Waals surface area contributed by atoms with Gasteiger partial charge in [-0.3, -0.25) is 0 Å². The van der Waals surface area contributed by atoms with Gasteiger partial charge in [-0.1, -0.05) is 0 Å². The number of nitrogens with two attached hydrogens (primary N) is 1. The van der Waals surface area contributed by atoms with E-state index in [-0.39, 0.29) is 12.1 Å². The number of urea groups is 1. The van der Waals surface area contributed by atoms with Gasteiger partial charge in [0, 0.05) is 19.1 Å². The van der Waals surface area contributed by atoms with Crippen molar-refractivity contribution >= 4 is 6.03 Å². The molecule has 3 N–H and O–H groups in total. The Kier molecular flexibility index (Phi) is 2.92. The van der Waals surface area contributed by atoms with Gasteiger partial charge < -0.3 is 16.0 Å². The van der Waals surface area contributed by atoms with Crippen LogP contribution in [0.25, 0.3) is 0 Å². The second-order valence-electron chi connectivity index (χ2n) is 3.47. The summed E-state index contributed by atoms with van der Waals surface area (Å²) in [5.41, 5.74) is 5.14. The molecule has 2 amide bonds. The molecule has 2 unspecified atom stereocenters. The molecule has 1 saturated heterocycles. The summed E-state index contributed by atoms with van der Waals surface area (Å²) in [4.78, 5) is 12.3. The van der Waals surface area contributed by atoms with E-state index < -0.39 is 0 Å². The number of hydrogen-bond acceptors (Lipinski definition) is 2. The van der Waals surface area contributed by atoms with Crippen LogP contribution >= 0.6 is 0 Å². The van der Waals surface area contributed by atoms with Gasteiger partial charge in [-0.2, -0.15) is 0 Å². The number of hydrogen-bond donors (Lipinski definition) is 2. The zero-order chi connectivity index (χ0) is 9.14. The van der Waals surface area contributed by atoms with Crippen LogP contribution in [0.3, 0.4) is 0 Å². The number of carbonyl (C=O) groups is 1. The average Bonchev–Trinajstić information content (AvgIpc) is 1.94. The van der Waals surface area contributed by atoms with E-state index in [1.807, 2.05) is 6.92 Å². The standard InChI is InChI=1S/C8H17N3O/c1-6(11(2)8(9)12)5-7-3-4-10-7/h6-7,10H,3-5H2,1-2H3,(H2,9,12). The first-order valence-corrected chi connectivity index (χ1v) is 4.37. The minimum Gasteiger partial charge on any atom is -0.351 e. The van der Waals surface area contributed by atoms with Crippen LogP contribution in [0, 0.1) is 0 Å². The van der Waals surface area contributed by atoms with Crippen molar-refractivity contribution in [3.8, 4) is 0 Å². The third kappa shape index (κ3) is 2.11. The van der Waals surface area contributed by atoms with E-state index in [9.17, 15) is 4.79 Å². The lowest BCUT2D eigenvalue weighted by molar-refractivity contribution is 0.189. The lowest BCUT2D eigenvalue weighted by Gasteiger charge is -2.33. The van der Waals surface area contributed by atoms with Crippen molar-refractivity contribution in [3.05, 3.63) is 0 Å². The molecule has 1 rings (SSSR count). The molecule has 0 spiro atoms. The van der Waals surface area contributed by atoms with Gasteiger partial charge >= 0.3 is 6.03 Å². The summed E-state index contributed by atoms with van der Waals surface area (Å²) in [7, 11) is 1.74. The fraction of sp³-hybridized carbons (Fsp3) is 0.875. The predicted molar refractivity (Wildman–Crippen MR) is 47.8 cm³/mol. The molecule has 2 atom stereocenters. The summed E-state index contributed by atoms with van der Waals surface area (Å²) < 4.78 is 0. The molecule has 0 aromatic rings. The van der Waals surface area contributed by atoms with Crippen molar-refractivity contribution in [2.45, 2.75) is 31.8 Å². The van der Waals surface area contributed by atoms with E-state index >= 15 is 0 Å². The maximum atomic E-state index is 10.8. The normalized spacial score (nSPS) is 24.3. The Morgan fingerprint density at radius 1 is 1.83 bits per heavy atom. The van der Waals surface area contributed by atoms with Crippen LogP contribution in [0.1, 0.15) is 19.8 Å². The molecule has 4 nitrogen and oxygen atoms in total. The summed E-state index contributed by atoms with van der Waals surface area (Å²) in [5.74, 6) is 0. The highest BCUT2D eigenvalue weighted by Gasteiger charge is 2.22. The highest BCUT2D eigenvalue weighted by Crippen LogP contribution is 2.12. The Bertz CT molecular complexity index is 168. The van der Waals surface area contributed by atoms with Crippen LogP contribution in [0.4, 0.5) is 4.79 Å². The number of amides is 2. The summed E-state index contributed by atoms with van der Waals surface area (Å²) in [6.45, 7) is 3.13. The second kappa shape index (κ2) is 3.76. The number of nitrogens with zero attached hydrogens (tertiary/aromatic N) is 1. The first-order valence-electron chi connectivity index (χ1n) is 4.37. The van der Waals surface area contributed by atoms with Crippen molar-refractivity contribution < 1.29 is 4.79 Å². The molecule has 0 radical (unpaired) electrons. The zero-order valence-corrected chi connectivity index (χ0v) is 7.71. The molecular weight excluding hydrogens is 154 g/mol. The molecule has 1 aliphatic heterocycles. The van der Waals surface area contributed by atoms with Crippen LogP contribution in [0.5, 0.6) is 0 Å². The van der Waals surface area contributed by atoms with E-state index in [4.69, 9.17) is 5.73 Å². The summed E-state index contributed by atoms with van der Waals surface area (Å²) in [5, 5.41) is 3.29. The fourth-order valence-electron chi connectivity index (χ4n) is 1.34. The highest BCUT2D eigenvalue weighted by molar-refractivity contribution is 5.71. The van der Waals surface area contributed by atoms with Gasteiger partial charge in [0.05, 0.1) is 0 Å². The predicted octanol–water partition coefficient (Wildman–Crippen LogP) is 0.137. The van der Waals surface area contributed by atoms with Crippen LogP contribution in [-0.2, 0) is 0 Å². The number of rotatable bonds is 3. The Morgan fingerprint density at radius 2 is 2.42 bits per heavy atom. The molecule has 4 heteroatoms. The van der Waals surface area contributed by atoms with E-state index in [1.165, 1.54) is 6.42 Å². The molecule has 12 heavy (non-hydrogen) atoms. The Balaban J connectivity index is 2.25. The monoisotopic (exact) mass is 171 g/mol. The van der Waals surface area contributed by atoms with Crippen molar-refractivity contribution in [1.29, 1.82) is 0 Å². The lowest BCUT2D eigenvalue weighted by atomic mass is 9.99. The molecule has 1 fully saturated rings. The molecule has 0 aromatic carbocycles. The van der Waals surface area contributed by atoms with Gasteiger partial charge in [0.25, 0.3) is 0 Å². The van der Waals surface area contributed by atoms with Crippen molar-refractivity contribution in [3.63, 3.8) is 0 Å². The molecular formula is C8H17N3O. The molecule has 70 valence electrons. The van der Waals surface area contributed by atoms with Crippen LogP contribution in [0.2, 0.25) is 0 Å². The van der Waals surface area contributed by atoms with Crippen molar-refractivity contribution in [1.82, 2.24) is 10.2 Å². The quantitative estimate of drug-likeness (QED) is 0.634. The van der Waals surface area contributed by atoms with Crippen LogP contribution in [-0.4, -0.2) is 36.6 Å². The van der Waals surface area contributed by atoms with Gasteiger partial charge in [0.15, 0.2) is 0 Å². The number of nitrogens with one attached hydrogen (secondary N) is 1. The number of primary amides is 1. The van der Waals surface area contributed by atoms with Crippen LogP contribution in [0.15, 0.2) is 0 Å². The van der Waals surface area contributed by atoms with Gasteiger partial charge in [0.2, 0.25) is 0 Å². The smallest absolute Gasteiger partial charge is 0.314 e. The molecule has 1 heterocycles. The van der Waals surface area contributed by atoms with Crippen LogP contribution < -0.4 is 11.1 Å². The Labute approximate surface area is 73.1 Å². The molecule has 0 aliphatic carbocycles. The maximum absolute atomic E-state index is 10.8. The van der Waals surface area contributed by atoms with Gasteiger partial charge in [-0.05, 0) is 26.3 Å². The zero-order valence-electron chi connectivity index (χ0n) is 7.71. The Morgan fingerprint density at radius 3 is 2.75 bits per heavy atom. The highest BCUT2D eigenvalue weighted by atomic mass is 16.2. The maximum Gasteiger partial charge on any atom is 0.314 e. The fourth-order valence-corrected chi connectivity index (χ4v) is 1.34. The SMILES string of the molecule is CC(CC1CCN1)N(C)C(N)=O. The molecule has 0 bridgehead atoms. The average molecular weight is 171 g/mol. The molecule has 0 saturated carbocycles. The number of carbonyl (C=O) groups excluding carboxylic acids is 1. The molecule has 1 aliphatic rings. The minimum atomic E-state index is -0.346. The van der Waals surface area contributed by atoms with Gasteiger partial charge in [0.1, 0.15) is 0 Å². The van der Waals surface area contributed by atoms with Crippen molar-refractivity contribution in [2.75, 3.05) is 13.6 Å². The first-order chi connectivity index (χ1) is 5.61. The van der Waals surface area contributed by atoms with E-state index in [0.717, 1.165) is 13.0 Å². The largest absolute Gasteiger partial charge is 0.351 e. The Hall–Kier alpha value is -0.770.